The number of para-hydroxylation sites is 1. The van der Waals surface area contributed by atoms with Crippen LogP contribution in [-0.4, -0.2) is 63.9 Å². The zero-order chi connectivity index (χ0) is 21.7. The van der Waals surface area contributed by atoms with Crippen molar-refractivity contribution in [2.75, 3.05) is 26.2 Å². The van der Waals surface area contributed by atoms with Crippen LogP contribution in [-0.2, 0) is 17.6 Å². The number of rotatable bonds is 8. The quantitative estimate of drug-likeness (QED) is 0.420. The summed E-state index contributed by atoms with van der Waals surface area (Å²) in [6.45, 7) is 1.65. The number of hydrogen-bond donors (Lipinski definition) is 4. The number of aliphatic hydroxyl groups is 2. The number of carbonyl (C=O) groups excluding carboxylic acids is 1. The summed E-state index contributed by atoms with van der Waals surface area (Å²) < 4.78 is 0. The number of carbonyl (C=O) groups is 1. The zero-order valence-corrected chi connectivity index (χ0v) is 17.8. The maximum atomic E-state index is 12.5. The Kier molecular flexibility index (Phi) is 6.70. The number of nitrogens with zero attached hydrogens (tertiary/aromatic N) is 1. The summed E-state index contributed by atoms with van der Waals surface area (Å²) in [4.78, 5) is 17.5. The van der Waals surface area contributed by atoms with Gasteiger partial charge in [-0.2, -0.15) is 0 Å². The number of likely N-dealkylation sites (tertiary alicyclic amines) is 1. The molecule has 0 unspecified atom stereocenters. The highest BCUT2D eigenvalue weighted by Gasteiger charge is 2.41. The molecule has 1 aromatic heterocycles. The zero-order valence-electron chi connectivity index (χ0n) is 17.8. The number of fused-ring (bicyclic) bond motifs is 1. The highest BCUT2D eigenvalue weighted by molar-refractivity contribution is 5.83. The van der Waals surface area contributed by atoms with Crippen molar-refractivity contribution in [3.8, 4) is 0 Å². The second-order valence-electron chi connectivity index (χ2n) is 8.48. The molecule has 1 aliphatic heterocycles. The molecule has 3 aromatic rings. The van der Waals surface area contributed by atoms with Gasteiger partial charge in [0, 0.05) is 43.2 Å². The van der Waals surface area contributed by atoms with Gasteiger partial charge in [0.2, 0.25) is 5.91 Å². The predicted octanol–water partition coefficient (Wildman–Crippen LogP) is 2.26. The first-order chi connectivity index (χ1) is 15.0. The monoisotopic (exact) mass is 421 g/mol. The molecule has 1 saturated heterocycles. The Bertz CT molecular complexity index is 1000. The summed E-state index contributed by atoms with van der Waals surface area (Å²) in [7, 11) is 0. The number of H-pyrrole nitrogens is 1. The fraction of sp³-hybridized carbons (Fsp3) is 0.400. The van der Waals surface area contributed by atoms with E-state index in [9.17, 15) is 15.0 Å². The van der Waals surface area contributed by atoms with Crippen molar-refractivity contribution in [3.05, 3.63) is 71.9 Å². The van der Waals surface area contributed by atoms with E-state index in [-0.39, 0.29) is 12.5 Å². The SMILES string of the molecule is O=C(CCc1ccccc1)N1CC[C@](O)(CNCCc2c[nH]c3ccccc23)[C@@H](O)C1. The summed E-state index contributed by atoms with van der Waals surface area (Å²) in [6, 6.07) is 18.1. The van der Waals surface area contributed by atoms with Gasteiger partial charge >= 0.3 is 0 Å². The van der Waals surface area contributed by atoms with Gasteiger partial charge in [-0.3, -0.25) is 4.79 Å². The molecule has 2 heterocycles. The molecule has 6 heteroatoms. The smallest absolute Gasteiger partial charge is 0.222 e. The Morgan fingerprint density at radius 2 is 1.90 bits per heavy atom. The van der Waals surface area contributed by atoms with Crippen LogP contribution < -0.4 is 5.32 Å². The summed E-state index contributed by atoms with van der Waals surface area (Å²) in [5, 5.41) is 26.0. The molecule has 164 valence electrons. The number of aromatic amines is 1. The first-order valence-corrected chi connectivity index (χ1v) is 11.0. The molecule has 2 aromatic carbocycles. The molecule has 31 heavy (non-hydrogen) atoms. The minimum atomic E-state index is -1.21. The number of β-amino-alcohol motifs (C(OH)–C–C–N with tert-alkyl or cyclic N) is 1. The Balaban J connectivity index is 1.22. The van der Waals surface area contributed by atoms with Crippen molar-refractivity contribution in [1.29, 1.82) is 0 Å². The molecule has 4 N–H and O–H groups in total. The second-order valence-corrected chi connectivity index (χ2v) is 8.48. The Morgan fingerprint density at radius 3 is 2.71 bits per heavy atom. The topological polar surface area (TPSA) is 88.6 Å². The molecular formula is C25H31N3O3. The van der Waals surface area contributed by atoms with E-state index in [0.29, 0.717) is 38.9 Å². The third kappa shape index (κ3) is 5.15. The highest BCUT2D eigenvalue weighted by Crippen LogP contribution is 2.23. The third-order valence-electron chi connectivity index (χ3n) is 6.33. The first-order valence-electron chi connectivity index (χ1n) is 11.0. The third-order valence-corrected chi connectivity index (χ3v) is 6.33. The second kappa shape index (κ2) is 9.64. The van der Waals surface area contributed by atoms with Gasteiger partial charge in [-0.15, -0.1) is 0 Å². The van der Waals surface area contributed by atoms with Crippen LogP contribution in [0, 0.1) is 0 Å². The van der Waals surface area contributed by atoms with Gasteiger partial charge in [-0.05, 0) is 43.0 Å². The minimum Gasteiger partial charge on any atom is -0.388 e. The molecule has 0 aliphatic carbocycles. The molecule has 6 nitrogen and oxygen atoms in total. The van der Waals surface area contributed by atoms with E-state index in [0.717, 1.165) is 17.5 Å². The fourth-order valence-corrected chi connectivity index (χ4v) is 4.32. The lowest BCUT2D eigenvalue weighted by Gasteiger charge is -2.42. The first kappa shape index (κ1) is 21.6. The molecule has 4 rings (SSSR count). The Labute approximate surface area is 182 Å². The molecule has 1 amide bonds. The van der Waals surface area contributed by atoms with Gasteiger partial charge < -0.3 is 25.4 Å². The number of amides is 1. The van der Waals surface area contributed by atoms with Crippen molar-refractivity contribution in [1.82, 2.24) is 15.2 Å². The van der Waals surface area contributed by atoms with Crippen LogP contribution in [0.15, 0.2) is 60.8 Å². The number of nitrogens with one attached hydrogen (secondary N) is 2. The standard InChI is InChI=1S/C25H31N3O3/c29-23-17-28(24(30)11-10-19-6-2-1-3-7-19)15-13-25(23,31)18-26-14-12-20-16-27-22-9-5-4-8-21(20)22/h1-9,16,23,26-27,29,31H,10-15,17-18H2/t23-,25-/m0/s1. The summed E-state index contributed by atoms with van der Waals surface area (Å²) in [5.74, 6) is 0.0252. The van der Waals surface area contributed by atoms with E-state index in [4.69, 9.17) is 0 Å². The summed E-state index contributed by atoms with van der Waals surface area (Å²) >= 11 is 0. The molecule has 1 fully saturated rings. The lowest BCUT2D eigenvalue weighted by molar-refractivity contribution is -0.148. The number of benzene rings is 2. The average molecular weight is 422 g/mol. The Morgan fingerprint density at radius 1 is 1.13 bits per heavy atom. The van der Waals surface area contributed by atoms with E-state index in [1.54, 1.807) is 4.90 Å². The molecule has 0 saturated carbocycles. The van der Waals surface area contributed by atoms with Crippen LogP contribution >= 0.6 is 0 Å². The minimum absolute atomic E-state index is 0.0252. The Hall–Kier alpha value is -2.67. The van der Waals surface area contributed by atoms with Crippen LogP contribution in [0.5, 0.6) is 0 Å². The van der Waals surface area contributed by atoms with Crippen LogP contribution in [0.2, 0.25) is 0 Å². The van der Waals surface area contributed by atoms with Crippen molar-refractivity contribution < 1.29 is 15.0 Å². The van der Waals surface area contributed by atoms with E-state index >= 15 is 0 Å². The van der Waals surface area contributed by atoms with Crippen molar-refractivity contribution in [2.45, 2.75) is 37.4 Å². The van der Waals surface area contributed by atoms with Gasteiger partial charge in [0.1, 0.15) is 11.7 Å². The molecule has 1 aliphatic rings. The number of piperidine rings is 1. The van der Waals surface area contributed by atoms with Crippen LogP contribution in [0.4, 0.5) is 0 Å². The maximum absolute atomic E-state index is 12.5. The van der Waals surface area contributed by atoms with Crippen molar-refractivity contribution >= 4 is 16.8 Å². The predicted molar refractivity (Wildman–Crippen MR) is 122 cm³/mol. The molecule has 0 spiro atoms. The van der Waals surface area contributed by atoms with Crippen LogP contribution in [0.25, 0.3) is 10.9 Å². The number of hydrogen-bond acceptors (Lipinski definition) is 4. The maximum Gasteiger partial charge on any atom is 0.222 e. The average Bonchev–Trinajstić information content (AvgIpc) is 3.21. The molecular weight excluding hydrogens is 390 g/mol. The summed E-state index contributed by atoms with van der Waals surface area (Å²) in [6.07, 6.45) is 3.37. The van der Waals surface area contributed by atoms with Crippen LogP contribution in [0.1, 0.15) is 24.0 Å². The van der Waals surface area contributed by atoms with E-state index in [1.165, 1.54) is 10.9 Å². The number of aliphatic hydroxyl groups excluding tert-OH is 1. The van der Waals surface area contributed by atoms with Gasteiger partial charge in [0.15, 0.2) is 0 Å². The summed E-state index contributed by atoms with van der Waals surface area (Å²) in [5.41, 5.74) is 2.27. The van der Waals surface area contributed by atoms with Crippen LogP contribution in [0.3, 0.4) is 0 Å². The normalized spacial score (nSPS) is 21.5. The van der Waals surface area contributed by atoms with E-state index < -0.39 is 11.7 Å². The lowest BCUT2D eigenvalue weighted by atomic mass is 9.88. The van der Waals surface area contributed by atoms with Gasteiger partial charge in [0.25, 0.3) is 0 Å². The largest absolute Gasteiger partial charge is 0.388 e. The molecule has 0 radical (unpaired) electrons. The molecule has 2 atom stereocenters. The lowest BCUT2D eigenvalue weighted by Crippen LogP contribution is -2.60. The fourth-order valence-electron chi connectivity index (χ4n) is 4.32. The van der Waals surface area contributed by atoms with E-state index in [1.807, 2.05) is 48.7 Å². The van der Waals surface area contributed by atoms with Crippen molar-refractivity contribution in [2.24, 2.45) is 0 Å². The molecule has 0 bridgehead atoms. The van der Waals surface area contributed by atoms with E-state index in [2.05, 4.69) is 22.4 Å². The van der Waals surface area contributed by atoms with Gasteiger partial charge in [-0.1, -0.05) is 48.5 Å². The highest BCUT2D eigenvalue weighted by atomic mass is 16.3. The van der Waals surface area contributed by atoms with Crippen molar-refractivity contribution in [3.63, 3.8) is 0 Å². The number of aryl methyl sites for hydroxylation is 1. The van der Waals surface area contributed by atoms with Gasteiger partial charge in [0.05, 0.1) is 0 Å². The number of aromatic nitrogens is 1. The van der Waals surface area contributed by atoms with Gasteiger partial charge in [-0.25, -0.2) is 0 Å².